The minimum Gasteiger partial charge on any atom is -0.319 e. The van der Waals surface area contributed by atoms with Crippen molar-refractivity contribution in [2.24, 2.45) is 0 Å². The van der Waals surface area contributed by atoms with Crippen molar-refractivity contribution in [1.29, 1.82) is 0 Å². The SMILES string of the molecule is CS(=O)(=O)c1ccc(Cl)c(NC(=O)c2cnn(-c3ccccc3)n2)c1. The lowest BCUT2D eigenvalue weighted by Crippen LogP contribution is -2.14. The Morgan fingerprint density at radius 1 is 1.16 bits per heavy atom. The third-order valence-electron chi connectivity index (χ3n) is 3.33. The molecular weight excluding hydrogens is 364 g/mol. The molecular formula is C16H13ClN4O3S. The lowest BCUT2D eigenvalue weighted by atomic mass is 10.3. The smallest absolute Gasteiger partial charge is 0.277 e. The van der Waals surface area contributed by atoms with Crippen molar-refractivity contribution in [2.75, 3.05) is 11.6 Å². The topological polar surface area (TPSA) is 94.0 Å². The normalized spacial score (nSPS) is 11.3. The van der Waals surface area contributed by atoms with Gasteiger partial charge in [-0.3, -0.25) is 4.79 Å². The van der Waals surface area contributed by atoms with Crippen LogP contribution in [0.2, 0.25) is 5.02 Å². The van der Waals surface area contributed by atoms with Gasteiger partial charge in [-0.25, -0.2) is 8.42 Å². The molecule has 25 heavy (non-hydrogen) atoms. The Hall–Kier alpha value is -2.71. The van der Waals surface area contributed by atoms with E-state index in [9.17, 15) is 13.2 Å². The standard InChI is InChI=1S/C16H13ClN4O3S/c1-25(23,24)12-7-8-13(17)14(9-12)19-16(22)15-10-18-21(20-15)11-5-3-2-4-6-11/h2-10H,1H3,(H,19,22). The van der Waals surface area contributed by atoms with Crippen molar-refractivity contribution < 1.29 is 13.2 Å². The zero-order valence-electron chi connectivity index (χ0n) is 13.0. The van der Waals surface area contributed by atoms with Crippen molar-refractivity contribution in [1.82, 2.24) is 15.0 Å². The van der Waals surface area contributed by atoms with Crippen LogP contribution < -0.4 is 5.32 Å². The number of benzene rings is 2. The van der Waals surface area contributed by atoms with Gasteiger partial charge in [-0.1, -0.05) is 29.8 Å². The van der Waals surface area contributed by atoms with E-state index in [1.807, 2.05) is 18.2 Å². The van der Waals surface area contributed by atoms with E-state index in [1.54, 1.807) is 12.1 Å². The molecule has 2 aromatic carbocycles. The number of anilines is 1. The Bertz CT molecular complexity index is 1030. The number of para-hydroxylation sites is 1. The number of hydrogen-bond donors (Lipinski definition) is 1. The van der Waals surface area contributed by atoms with Gasteiger partial charge in [0.15, 0.2) is 15.5 Å². The van der Waals surface area contributed by atoms with Crippen molar-refractivity contribution >= 4 is 33.0 Å². The van der Waals surface area contributed by atoms with Gasteiger partial charge in [0.2, 0.25) is 0 Å². The number of rotatable bonds is 4. The first-order valence-electron chi connectivity index (χ1n) is 7.13. The Labute approximate surface area is 149 Å². The molecule has 1 heterocycles. The summed E-state index contributed by atoms with van der Waals surface area (Å²) in [5.74, 6) is -0.547. The Kier molecular flexibility index (Phi) is 4.56. The molecule has 9 heteroatoms. The lowest BCUT2D eigenvalue weighted by molar-refractivity contribution is 0.102. The van der Waals surface area contributed by atoms with Crippen molar-refractivity contribution in [3.63, 3.8) is 0 Å². The number of carbonyl (C=O) groups is 1. The van der Waals surface area contributed by atoms with Gasteiger partial charge in [0, 0.05) is 6.26 Å². The van der Waals surface area contributed by atoms with Gasteiger partial charge in [0.25, 0.3) is 5.91 Å². The Morgan fingerprint density at radius 2 is 1.88 bits per heavy atom. The van der Waals surface area contributed by atoms with E-state index in [2.05, 4.69) is 15.5 Å². The minimum atomic E-state index is -3.42. The van der Waals surface area contributed by atoms with Gasteiger partial charge in [-0.05, 0) is 30.3 Å². The second-order valence-corrected chi connectivity index (χ2v) is 7.65. The molecule has 0 atom stereocenters. The average molecular weight is 377 g/mol. The lowest BCUT2D eigenvalue weighted by Gasteiger charge is -2.07. The molecule has 0 saturated heterocycles. The molecule has 7 nitrogen and oxygen atoms in total. The summed E-state index contributed by atoms with van der Waals surface area (Å²) in [6, 6.07) is 13.2. The number of carbonyl (C=O) groups excluding carboxylic acids is 1. The zero-order valence-corrected chi connectivity index (χ0v) is 14.6. The molecule has 3 aromatic rings. The Morgan fingerprint density at radius 3 is 2.56 bits per heavy atom. The van der Waals surface area contributed by atoms with E-state index in [4.69, 9.17) is 11.6 Å². The Balaban J connectivity index is 1.85. The van der Waals surface area contributed by atoms with E-state index < -0.39 is 15.7 Å². The second-order valence-electron chi connectivity index (χ2n) is 5.22. The summed E-state index contributed by atoms with van der Waals surface area (Å²) < 4.78 is 23.3. The highest BCUT2D eigenvalue weighted by Crippen LogP contribution is 2.25. The number of sulfone groups is 1. The number of nitrogens with zero attached hydrogens (tertiary/aromatic N) is 3. The van der Waals surface area contributed by atoms with Gasteiger partial charge in [0.05, 0.1) is 27.5 Å². The van der Waals surface area contributed by atoms with E-state index in [0.717, 1.165) is 6.26 Å². The maximum absolute atomic E-state index is 12.3. The second kappa shape index (κ2) is 6.66. The van der Waals surface area contributed by atoms with Crippen LogP contribution in [0.4, 0.5) is 5.69 Å². The highest BCUT2D eigenvalue weighted by Gasteiger charge is 2.15. The molecule has 0 radical (unpaired) electrons. The predicted octanol–water partition coefficient (Wildman–Crippen LogP) is 2.58. The van der Waals surface area contributed by atoms with Crippen LogP contribution in [-0.2, 0) is 9.84 Å². The molecule has 1 N–H and O–H groups in total. The molecule has 128 valence electrons. The van der Waals surface area contributed by atoms with Crippen molar-refractivity contribution in [3.8, 4) is 5.69 Å². The summed E-state index contributed by atoms with van der Waals surface area (Å²) in [7, 11) is -3.42. The third-order valence-corrected chi connectivity index (χ3v) is 4.77. The van der Waals surface area contributed by atoms with Crippen molar-refractivity contribution in [3.05, 3.63) is 65.4 Å². The average Bonchev–Trinajstić information content (AvgIpc) is 3.07. The van der Waals surface area contributed by atoms with E-state index in [-0.39, 0.29) is 21.3 Å². The molecule has 0 unspecified atom stereocenters. The van der Waals surface area contributed by atoms with Crippen LogP contribution in [0.3, 0.4) is 0 Å². The van der Waals surface area contributed by atoms with Crippen LogP contribution in [0.1, 0.15) is 10.5 Å². The first-order valence-corrected chi connectivity index (χ1v) is 9.40. The fourth-order valence-corrected chi connectivity index (χ4v) is 2.88. The molecule has 0 fully saturated rings. The first-order chi connectivity index (χ1) is 11.8. The monoisotopic (exact) mass is 376 g/mol. The van der Waals surface area contributed by atoms with Crippen LogP contribution in [0, 0.1) is 0 Å². The minimum absolute atomic E-state index is 0.0557. The van der Waals surface area contributed by atoms with Crippen LogP contribution in [0.25, 0.3) is 5.69 Å². The molecule has 0 saturated carbocycles. The highest BCUT2D eigenvalue weighted by atomic mass is 35.5. The summed E-state index contributed by atoms with van der Waals surface area (Å²) >= 11 is 6.03. The van der Waals surface area contributed by atoms with Crippen LogP contribution in [0.5, 0.6) is 0 Å². The maximum atomic E-state index is 12.3. The number of nitrogens with one attached hydrogen (secondary N) is 1. The van der Waals surface area contributed by atoms with Crippen LogP contribution >= 0.6 is 11.6 Å². The third kappa shape index (κ3) is 3.86. The molecule has 1 amide bonds. The van der Waals surface area contributed by atoms with Gasteiger partial charge < -0.3 is 5.32 Å². The summed E-state index contributed by atoms with van der Waals surface area (Å²) in [6.07, 6.45) is 2.39. The molecule has 3 rings (SSSR count). The molecule has 0 spiro atoms. The van der Waals surface area contributed by atoms with E-state index in [0.29, 0.717) is 5.69 Å². The van der Waals surface area contributed by atoms with E-state index >= 15 is 0 Å². The molecule has 0 bridgehead atoms. The van der Waals surface area contributed by atoms with Gasteiger partial charge in [-0.15, -0.1) is 5.10 Å². The summed E-state index contributed by atoms with van der Waals surface area (Å²) in [5.41, 5.74) is 0.965. The van der Waals surface area contributed by atoms with Gasteiger partial charge >= 0.3 is 0 Å². The molecule has 0 aliphatic rings. The first kappa shape index (κ1) is 17.1. The number of aromatic nitrogens is 3. The van der Waals surface area contributed by atoms with Gasteiger partial charge in [0.1, 0.15) is 0 Å². The highest BCUT2D eigenvalue weighted by molar-refractivity contribution is 7.90. The summed E-state index contributed by atoms with van der Waals surface area (Å²) in [6.45, 7) is 0. The number of amides is 1. The van der Waals surface area contributed by atoms with E-state index in [1.165, 1.54) is 29.2 Å². The summed E-state index contributed by atoms with van der Waals surface area (Å²) in [5, 5.41) is 10.9. The quantitative estimate of drug-likeness (QED) is 0.755. The molecule has 0 aliphatic carbocycles. The largest absolute Gasteiger partial charge is 0.319 e. The zero-order chi connectivity index (χ0) is 18.0. The van der Waals surface area contributed by atoms with Crippen molar-refractivity contribution in [2.45, 2.75) is 4.90 Å². The maximum Gasteiger partial charge on any atom is 0.277 e. The van der Waals surface area contributed by atoms with Crippen LogP contribution in [0.15, 0.2) is 59.6 Å². The molecule has 1 aromatic heterocycles. The van der Waals surface area contributed by atoms with Crippen LogP contribution in [-0.4, -0.2) is 35.6 Å². The summed E-state index contributed by atoms with van der Waals surface area (Å²) in [4.78, 5) is 13.7. The number of halogens is 1. The van der Waals surface area contributed by atoms with Gasteiger partial charge in [-0.2, -0.15) is 9.90 Å². The molecule has 0 aliphatic heterocycles. The fraction of sp³-hybridized carbons (Fsp3) is 0.0625. The predicted molar refractivity (Wildman–Crippen MR) is 93.9 cm³/mol. The number of hydrogen-bond acceptors (Lipinski definition) is 5. The fourth-order valence-electron chi connectivity index (χ4n) is 2.07.